The van der Waals surface area contributed by atoms with Gasteiger partial charge in [0.15, 0.2) is 0 Å². The first-order valence-electron chi connectivity index (χ1n) is 16.4. The van der Waals surface area contributed by atoms with Gasteiger partial charge in [-0.25, -0.2) is 0 Å². The lowest BCUT2D eigenvalue weighted by molar-refractivity contribution is 1.17. The molecule has 2 nitrogen and oxygen atoms in total. The normalized spacial score (nSPS) is 11.3. The Morgan fingerprint density at radius 1 is 0.354 bits per heavy atom. The number of aromatic nitrogens is 1. The molecule has 0 amide bonds. The molecule has 0 unspecified atom stereocenters. The van der Waals surface area contributed by atoms with Crippen molar-refractivity contribution in [2.45, 2.75) is 0 Å². The van der Waals surface area contributed by atoms with E-state index in [2.05, 4.69) is 204 Å². The van der Waals surface area contributed by atoms with Crippen LogP contribution in [-0.2, 0) is 0 Å². The summed E-state index contributed by atoms with van der Waals surface area (Å²) >= 11 is 0. The van der Waals surface area contributed by atoms with E-state index in [-0.39, 0.29) is 0 Å². The summed E-state index contributed by atoms with van der Waals surface area (Å²) in [6.07, 6.45) is 0. The molecule has 0 aliphatic carbocycles. The number of fused-ring (bicyclic) bond motifs is 4. The lowest BCUT2D eigenvalue weighted by Gasteiger charge is -2.27. The molecule has 0 N–H and O–H groups in total. The monoisotopic (exact) mass is 612 g/mol. The summed E-state index contributed by atoms with van der Waals surface area (Å²) < 4.78 is 2.44. The fraction of sp³-hybridized carbons (Fsp3) is 0. The fourth-order valence-electron chi connectivity index (χ4n) is 7.05. The van der Waals surface area contributed by atoms with E-state index in [1.807, 2.05) is 0 Å². The van der Waals surface area contributed by atoms with Gasteiger partial charge < -0.3 is 9.47 Å². The Labute approximate surface area is 280 Å². The van der Waals surface area contributed by atoms with E-state index in [1.165, 1.54) is 54.8 Å². The van der Waals surface area contributed by atoms with Crippen LogP contribution in [0.5, 0.6) is 0 Å². The van der Waals surface area contributed by atoms with E-state index in [0.717, 1.165) is 22.7 Å². The van der Waals surface area contributed by atoms with E-state index in [1.54, 1.807) is 0 Å². The van der Waals surface area contributed by atoms with Crippen LogP contribution in [0.3, 0.4) is 0 Å². The quantitative estimate of drug-likeness (QED) is 0.181. The van der Waals surface area contributed by atoms with Crippen LogP contribution in [-0.4, -0.2) is 4.57 Å². The Bertz CT molecular complexity index is 2430. The number of para-hydroxylation sites is 2. The standard InChI is InChI=1S/C46H32N2/c1-4-13-33(14-5-1)35-23-27-40(28-24-35)47(41-29-25-36(26-30-41)34-15-6-2-7-16-34)44-22-12-21-42-43-31-37-17-10-11-18-38(37)32-45(43)48(46(42)44)39-19-8-3-9-20-39/h1-32H. The molecular formula is C46H32N2. The van der Waals surface area contributed by atoms with Crippen molar-refractivity contribution in [3.05, 3.63) is 194 Å². The summed E-state index contributed by atoms with van der Waals surface area (Å²) in [4.78, 5) is 2.41. The third kappa shape index (κ3) is 4.83. The van der Waals surface area contributed by atoms with E-state index in [9.17, 15) is 0 Å². The van der Waals surface area contributed by atoms with Gasteiger partial charge in [-0.3, -0.25) is 0 Å². The van der Waals surface area contributed by atoms with Crippen LogP contribution in [0.15, 0.2) is 194 Å². The van der Waals surface area contributed by atoms with E-state index in [4.69, 9.17) is 0 Å². The first kappa shape index (κ1) is 27.9. The summed E-state index contributed by atoms with van der Waals surface area (Å²) in [5.41, 5.74) is 11.6. The highest BCUT2D eigenvalue weighted by atomic mass is 15.2. The van der Waals surface area contributed by atoms with Crippen LogP contribution < -0.4 is 4.90 Å². The molecule has 0 radical (unpaired) electrons. The molecule has 8 aromatic carbocycles. The maximum Gasteiger partial charge on any atom is 0.0782 e. The highest BCUT2D eigenvalue weighted by Gasteiger charge is 2.22. The molecule has 0 spiro atoms. The van der Waals surface area contributed by atoms with Gasteiger partial charge in [0.1, 0.15) is 0 Å². The minimum absolute atomic E-state index is 1.10. The van der Waals surface area contributed by atoms with Crippen molar-refractivity contribution in [2.24, 2.45) is 0 Å². The van der Waals surface area contributed by atoms with Crippen LogP contribution in [0.25, 0.3) is 60.5 Å². The summed E-state index contributed by atoms with van der Waals surface area (Å²) in [5, 5.41) is 4.95. The van der Waals surface area contributed by atoms with Crippen molar-refractivity contribution in [2.75, 3.05) is 4.90 Å². The van der Waals surface area contributed by atoms with Gasteiger partial charge >= 0.3 is 0 Å². The van der Waals surface area contributed by atoms with Crippen molar-refractivity contribution in [3.63, 3.8) is 0 Å². The number of hydrogen-bond acceptors (Lipinski definition) is 1. The Hall–Kier alpha value is -6.38. The minimum Gasteiger partial charge on any atom is -0.308 e. The Morgan fingerprint density at radius 3 is 1.40 bits per heavy atom. The molecule has 0 saturated heterocycles. The van der Waals surface area contributed by atoms with Gasteiger partial charge in [0.05, 0.1) is 16.7 Å². The molecule has 0 aliphatic heterocycles. The summed E-state index contributed by atoms with van der Waals surface area (Å²) in [7, 11) is 0. The Balaban J connectivity index is 1.31. The first-order valence-corrected chi connectivity index (χ1v) is 16.4. The van der Waals surface area contributed by atoms with Crippen molar-refractivity contribution < 1.29 is 0 Å². The van der Waals surface area contributed by atoms with Crippen LogP contribution in [0.1, 0.15) is 0 Å². The molecule has 9 rings (SSSR count). The molecular weight excluding hydrogens is 581 g/mol. The lowest BCUT2D eigenvalue weighted by Crippen LogP contribution is -2.11. The van der Waals surface area contributed by atoms with Crippen molar-refractivity contribution in [3.8, 4) is 27.9 Å². The fourth-order valence-corrected chi connectivity index (χ4v) is 7.05. The highest BCUT2D eigenvalue weighted by Crippen LogP contribution is 2.44. The summed E-state index contributed by atoms with van der Waals surface area (Å²) in [6, 6.07) is 69.9. The third-order valence-electron chi connectivity index (χ3n) is 9.35. The maximum absolute atomic E-state index is 2.44. The van der Waals surface area contributed by atoms with Crippen molar-refractivity contribution in [1.29, 1.82) is 0 Å². The van der Waals surface area contributed by atoms with E-state index in [0.29, 0.717) is 0 Å². The smallest absolute Gasteiger partial charge is 0.0782 e. The zero-order valence-electron chi connectivity index (χ0n) is 26.4. The average molecular weight is 613 g/mol. The molecule has 1 heterocycles. The van der Waals surface area contributed by atoms with Gasteiger partial charge in [0, 0.05) is 27.8 Å². The molecule has 48 heavy (non-hydrogen) atoms. The summed E-state index contributed by atoms with van der Waals surface area (Å²) in [6.45, 7) is 0. The third-order valence-corrected chi connectivity index (χ3v) is 9.35. The second-order valence-corrected chi connectivity index (χ2v) is 12.2. The molecule has 9 aromatic rings. The SMILES string of the molecule is c1ccc(-c2ccc(N(c3ccc(-c4ccccc4)cc3)c3cccc4c5cc6ccccc6cc5n(-c5ccccc5)c34)cc2)cc1. The average Bonchev–Trinajstić information content (AvgIpc) is 3.49. The predicted molar refractivity (Wildman–Crippen MR) is 204 cm³/mol. The van der Waals surface area contributed by atoms with E-state index >= 15 is 0 Å². The predicted octanol–water partition coefficient (Wildman–Crippen LogP) is 12.7. The topological polar surface area (TPSA) is 8.17 Å². The van der Waals surface area contributed by atoms with Crippen molar-refractivity contribution >= 4 is 49.6 Å². The highest BCUT2D eigenvalue weighted by molar-refractivity contribution is 6.17. The van der Waals surface area contributed by atoms with Crippen LogP contribution in [0, 0.1) is 0 Å². The summed E-state index contributed by atoms with van der Waals surface area (Å²) in [5.74, 6) is 0. The number of rotatable bonds is 6. The second-order valence-electron chi connectivity index (χ2n) is 12.2. The Morgan fingerprint density at radius 2 is 0.833 bits per heavy atom. The van der Waals surface area contributed by atoms with Gasteiger partial charge in [-0.05, 0) is 87.6 Å². The lowest BCUT2D eigenvalue weighted by atomic mass is 10.0. The second kappa shape index (κ2) is 11.8. The van der Waals surface area contributed by atoms with Gasteiger partial charge in [-0.2, -0.15) is 0 Å². The van der Waals surface area contributed by atoms with E-state index < -0.39 is 0 Å². The first-order chi connectivity index (χ1) is 23.8. The number of anilines is 3. The van der Waals surface area contributed by atoms with Gasteiger partial charge in [-0.1, -0.05) is 140 Å². The zero-order chi connectivity index (χ0) is 31.9. The van der Waals surface area contributed by atoms with Crippen molar-refractivity contribution in [1.82, 2.24) is 4.57 Å². The molecule has 226 valence electrons. The van der Waals surface area contributed by atoms with Gasteiger partial charge in [0.2, 0.25) is 0 Å². The Kier molecular flexibility index (Phi) is 6.84. The van der Waals surface area contributed by atoms with Crippen LogP contribution in [0.2, 0.25) is 0 Å². The largest absolute Gasteiger partial charge is 0.308 e. The van der Waals surface area contributed by atoms with Crippen LogP contribution in [0.4, 0.5) is 17.1 Å². The molecule has 0 bridgehead atoms. The maximum atomic E-state index is 2.44. The molecule has 2 heteroatoms. The number of hydrogen-bond donors (Lipinski definition) is 0. The van der Waals surface area contributed by atoms with Gasteiger partial charge in [-0.15, -0.1) is 0 Å². The number of nitrogens with zero attached hydrogens (tertiary/aromatic N) is 2. The minimum atomic E-state index is 1.10. The zero-order valence-corrected chi connectivity index (χ0v) is 26.4. The van der Waals surface area contributed by atoms with Crippen LogP contribution >= 0.6 is 0 Å². The molecule has 0 atom stereocenters. The van der Waals surface area contributed by atoms with Gasteiger partial charge in [0.25, 0.3) is 0 Å². The molecule has 0 fully saturated rings. The molecule has 1 aromatic heterocycles. The molecule has 0 saturated carbocycles. The number of benzene rings is 8. The molecule has 0 aliphatic rings.